The third kappa shape index (κ3) is 8.79. The van der Waals surface area contributed by atoms with Gasteiger partial charge in [0.25, 0.3) is 12.0 Å². The van der Waals surface area contributed by atoms with Gasteiger partial charge in [-0.15, -0.1) is 0 Å². The number of carbonyl (C=O) groups is 2. The monoisotopic (exact) mass is 669 g/mol. The molecule has 49 heavy (non-hydrogen) atoms. The Hall–Kier alpha value is -3.99. The van der Waals surface area contributed by atoms with Gasteiger partial charge in [-0.1, -0.05) is 45.0 Å². The molecular formula is C39H51N5O5. The van der Waals surface area contributed by atoms with Gasteiger partial charge in [-0.2, -0.15) is 0 Å². The molecule has 0 unspecified atom stereocenters. The third-order valence-corrected chi connectivity index (χ3v) is 10.8. The van der Waals surface area contributed by atoms with Gasteiger partial charge in [0.1, 0.15) is 0 Å². The number of aryl methyl sites for hydroxylation is 2. The summed E-state index contributed by atoms with van der Waals surface area (Å²) in [5.41, 5.74) is 13.9. The Kier molecular flexibility index (Phi) is 11.3. The molecule has 1 aromatic carbocycles. The molecule has 0 radical (unpaired) electrons. The zero-order chi connectivity index (χ0) is 35.3. The standard InChI is InChI=1S/C38H49N5O3.CH2O2/c1-24-17-29(22-40-36(24)45)26-7-5-25(6-8-26)27(11-14-43-15-12-38(46,23-39)13-16-43)20-35(44)34-21-33-32(42-34)19-28-18-30(37(2,3)4)9-10-31(28)41-33;2-1-3/h5-8,17,19,22,27,30,46H,9-16,18,20-21,23,39H2,1-4H3,(H,40,45);1H,(H,2,3)/t27-,30-;/m0./s1. The molecule has 0 saturated carbocycles. The maximum atomic E-state index is 13.9. The van der Waals surface area contributed by atoms with Crippen molar-refractivity contribution < 1.29 is 19.8 Å². The molecule has 1 fully saturated rings. The molecule has 0 bridgehead atoms. The van der Waals surface area contributed by atoms with Crippen molar-refractivity contribution in [3.8, 4) is 11.1 Å². The van der Waals surface area contributed by atoms with E-state index in [1.807, 2.05) is 13.0 Å². The van der Waals surface area contributed by atoms with Gasteiger partial charge in [0, 0.05) is 49.9 Å². The molecule has 3 aromatic rings. The molecule has 10 heteroatoms. The number of piperidine rings is 1. The number of nitrogens with two attached hydrogens (primary N) is 1. The first-order valence-corrected chi connectivity index (χ1v) is 17.5. The average Bonchev–Trinajstić information content (AvgIpc) is 3.50. The van der Waals surface area contributed by atoms with Crippen molar-refractivity contribution >= 4 is 23.7 Å². The van der Waals surface area contributed by atoms with E-state index in [1.54, 1.807) is 6.20 Å². The van der Waals surface area contributed by atoms with Gasteiger partial charge in [0.2, 0.25) is 0 Å². The number of aromatic nitrogens is 2. The van der Waals surface area contributed by atoms with Crippen LogP contribution < -0.4 is 11.3 Å². The number of pyridine rings is 2. The SMILES string of the molecule is Cc1cc(-c2ccc([C@@H](CCN3CCC(O)(CN)CC3)CC(=O)C3=Nc4cc5c(nc4C3)CC[C@H](C(C)(C)C)C5)cc2)c[nH]c1=O.O=CO. The van der Waals surface area contributed by atoms with Crippen LogP contribution in [-0.4, -0.2) is 74.8 Å². The van der Waals surface area contributed by atoms with E-state index < -0.39 is 5.60 Å². The van der Waals surface area contributed by atoms with Crippen LogP contribution in [0.3, 0.4) is 0 Å². The van der Waals surface area contributed by atoms with E-state index >= 15 is 0 Å². The van der Waals surface area contributed by atoms with Gasteiger partial charge in [-0.25, -0.2) is 4.99 Å². The normalized spacial score (nSPS) is 19.1. The predicted molar refractivity (Wildman–Crippen MR) is 193 cm³/mol. The highest BCUT2D eigenvalue weighted by Gasteiger charge is 2.33. The fraction of sp³-hybridized carbons (Fsp3) is 0.513. The molecule has 262 valence electrons. The number of aliphatic hydroxyl groups is 1. The lowest BCUT2D eigenvalue weighted by Gasteiger charge is -2.37. The number of aliphatic imine (C=N–C) groups is 1. The van der Waals surface area contributed by atoms with Crippen molar-refractivity contribution in [2.75, 3.05) is 26.2 Å². The van der Waals surface area contributed by atoms with Crippen molar-refractivity contribution in [2.24, 2.45) is 22.1 Å². The van der Waals surface area contributed by atoms with E-state index in [0.717, 1.165) is 73.4 Å². The molecule has 2 aromatic heterocycles. The molecule has 1 aliphatic carbocycles. The third-order valence-electron chi connectivity index (χ3n) is 10.8. The van der Waals surface area contributed by atoms with Crippen LogP contribution >= 0.6 is 0 Å². The summed E-state index contributed by atoms with van der Waals surface area (Å²) < 4.78 is 0. The topological polar surface area (TPSA) is 162 Å². The van der Waals surface area contributed by atoms with Crippen molar-refractivity contribution in [2.45, 2.75) is 90.6 Å². The lowest BCUT2D eigenvalue weighted by atomic mass is 9.71. The Balaban J connectivity index is 0.00000151. The molecule has 10 nitrogen and oxygen atoms in total. The number of benzene rings is 1. The van der Waals surface area contributed by atoms with Gasteiger partial charge >= 0.3 is 0 Å². The summed E-state index contributed by atoms with van der Waals surface area (Å²) in [5, 5.41) is 17.5. The largest absolute Gasteiger partial charge is 0.483 e. The summed E-state index contributed by atoms with van der Waals surface area (Å²) in [6.07, 6.45) is 7.96. The zero-order valence-electron chi connectivity index (χ0n) is 29.3. The number of likely N-dealkylation sites (tertiary alicyclic amines) is 1. The molecule has 1 saturated heterocycles. The molecular weight excluding hydrogens is 618 g/mol. The average molecular weight is 670 g/mol. The summed E-state index contributed by atoms with van der Waals surface area (Å²) in [6, 6.07) is 12.5. The van der Waals surface area contributed by atoms with Crippen LogP contribution in [-0.2, 0) is 28.9 Å². The lowest BCUT2D eigenvalue weighted by molar-refractivity contribution is -0.122. The zero-order valence-corrected chi connectivity index (χ0v) is 29.3. The Morgan fingerprint density at radius 1 is 1.14 bits per heavy atom. The number of aromatic amines is 1. The first kappa shape index (κ1) is 36.3. The van der Waals surface area contributed by atoms with Gasteiger partial charge in [0.05, 0.1) is 22.7 Å². The van der Waals surface area contributed by atoms with E-state index in [0.29, 0.717) is 49.4 Å². The number of carboxylic acid groups (broad SMARTS) is 1. The van der Waals surface area contributed by atoms with Crippen LogP contribution in [0, 0.1) is 18.3 Å². The number of carbonyl (C=O) groups excluding carboxylic acids is 1. The van der Waals surface area contributed by atoms with Crippen LogP contribution in [0.5, 0.6) is 0 Å². The van der Waals surface area contributed by atoms with Gasteiger partial charge in [0.15, 0.2) is 5.78 Å². The second-order valence-corrected chi connectivity index (χ2v) is 15.1. The Morgan fingerprint density at radius 2 is 1.84 bits per heavy atom. The van der Waals surface area contributed by atoms with Crippen LogP contribution in [0.1, 0.15) is 86.9 Å². The van der Waals surface area contributed by atoms with E-state index in [4.69, 9.17) is 25.6 Å². The number of fused-ring (bicyclic) bond motifs is 2. The maximum absolute atomic E-state index is 13.9. The van der Waals surface area contributed by atoms with Crippen molar-refractivity contribution in [1.82, 2.24) is 14.9 Å². The quantitative estimate of drug-likeness (QED) is 0.228. The summed E-state index contributed by atoms with van der Waals surface area (Å²) in [5.74, 6) is 0.732. The number of H-pyrrole nitrogens is 1. The molecule has 2 aliphatic heterocycles. The Morgan fingerprint density at radius 3 is 2.47 bits per heavy atom. The molecule has 0 spiro atoms. The minimum atomic E-state index is -0.766. The number of nitrogens with one attached hydrogen (secondary N) is 1. The lowest BCUT2D eigenvalue weighted by Crippen LogP contribution is -2.48. The van der Waals surface area contributed by atoms with Gasteiger partial charge < -0.3 is 25.8 Å². The minimum Gasteiger partial charge on any atom is -0.483 e. The fourth-order valence-corrected chi connectivity index (χ4v) is 7.34. The summed E-state index contributed by atoms with van der Waals surface area (Å²) in [6.45, 7) is 11.2. The van der Waals surface area contributed by atoms with E-state index in [2.05, 4.69) is 61.0 Å². The molecule has 0 amide bonds. The minimum absolute atomic E-state index is 0.0225. The van der Waals surface area contributed by atoms with Crippen LogP contribution in [0.2, 0.25) is 0 Å². The maximum Gasteiger partial charge on any atom is 0.290 e. The molecule has 5 N–H and O–H groups in total. The van der Waals surface area contributed by atoms with E-state index in [-0.39, 0.29) is 29.1 Å². The fourth-order valence-electron chi connectivity index (χ4n) is 7.34. The predicted octanol–water partition coefficient (Wildman–Crippen LogP) is 5.14. The number of nitrogens with zero attached hydrogens (tertiary/aromatic N) is 3. The molecule has 3 aliphatic rings. The molecule has 2 atom stereocenters. The number of hydrogen-bond acceptors (Lipinski definition) is 8. The van der Waals surface area contributed by atoms with Gasteiger partial charge in [-0.05, 0) is 104 Å². The van der Waals surface area contributed by atoms with E-state index in [1.165, 1.54) is 11.3 Å². The first-order valence-electron chi connectivity index (χ1n) is 17.5. The second kappa shape index (κ2) is 15.3. The van der Waals surface area contributed by atoms with Crippen molar-refractivity contribution in [3.05, 3.63) is 81.0 Å². The molecule has 6 rings (SSSR count). The number of Topliss-reactive ketones (excluding diaryl/α,β-unsaturated/α-hetero) is 1. The number of hydrogen-bond donors (Lipinski definition) is 4. The number of ketones is 1. The Labute approximate surface area is 288 Å². The van der Waals surface area contributed by atoms with Gasteiger partial charge in [-0.3, -0.25) is 19.4 Å². The summed E-state index contributed by atoms with van der Waals surface area (Å²) in [4.78, 5) is 49.2. The highest BCUT2D eigenvalue weighted by Crippen LogP contribution is 2.39. The first-order chi connectivity index (χ1) is 23.3. The number of rotatable bonds is 9. The Bertz CT molecular complexity index is 1730. The van der Waals surface area contributed by atoms with Crippen molar-refractivity contribution in [3.63, 3.8) is 0 Å². The van der Waals surface area contributed by atoms with E-state index in [9.17, 15) is 14.7 Å². The van der Waals surface area contributed by atoms with Crippen molar-refractivity contribution in [1.29, 1.82) is 0 Å². The summed E-state index contributed by atoms with van der Waals surface area (Å²) >= 11 is 0. The van der Waals surface area contributed by atoms with Crippen LogP contribution in [0.4, 0.5) is 5.69 Å². The second-order valence-electron chi connectivity index (χ2n) is 15.1. The highest BCUT2D eigenvalue weighted by molar-refractivity contribution is 6.41. The summed E-state index contributed by atoms with van der Waals surface area (Å²) in [7, 11) is 0. The van der Waals surface area contributed by atoms with Crippen LogP contribution in [0.15, 0.2) is 52.4 Å². The highest BCUT2D eigenvalue weighted by atomic mass is 16.3. The molecule has 4 heterocycles. The smallest absolute Gasteiger partial charge is 0.290 e. The van der Waals surface area contributed by atoms with Crippen LogP contribution in [0.25, 0.3) is 11.1 Å².